The van der Waals surface area contributed by atoms with Crippen molar-refractivity contribution in [1.29, 1.82) is 0 Å². The number of esters is 1. The Morgan fingerprint density at radius 3 is 2.69 bits per heavy atom. The maximum absolute atomic E-state index is 13.1. The Labute approximate surface area is 146 Å². The normalized spacial score (nSPS) is 20.3. The zero-order valence-electron chi connectivity index (χ0n) is 13.9. The lowest BCUT2D eigenvalue weighted by Crippen LogP contribution is -2.14. The highest BCUT2D eigenvalue weighted by molar-refractivity contribution is 5.76. The molecule has 0 spiro atoms. The average Bonchev–Trinajstić information content (AvgIpc) is 3.24. The van der Waals surface area contributed by atoms with Gasteiger partial charge >= 0.3 is 12.1 Å². The van der Waals surface area contributed by atoms with Crippen LogP contribution in [0.4, 0.5) is 24.8 Å². The van der Waals surface area contributed by atoms with E-state index in [0.29, 0.717) is 37.3 Å². The van der Waals surface area contributed by atoms with Gasteiger partial charge in [0.2, 0.25) is 5.95 Å². The fraction of sp³-hybridized carbons (Fsp3) is 0.500. The van der Waals surface area contributed by atoms with Gasteiger partial charge in [-0.2, -0.15) is 18.3 Å². The van der Waals surface area contributed by atoms with Crippen molar-refractivity contribution in [3.05, 3.63) is 29.3 Å². The second-order valence-electron chi connectivity index (χ2n) is 6.47. The molecule has 0 bridgehead atoms. The standard InChI is InChI=1S/C16H16F3N5O2/c1-8-11(7-24(23-8)12-4-5-26-14(12)25)21-15-20-6-10(16(17,18)19)13(22-15)9-2-3-9/h6-7,9,12H,2-5H2,1H3,(H,20,21,22). The number of ether oxygens (including phenoxy) is 1. The van der Waals surface area contributed by atoms with Gasteiger partial charge in [-0.25, -0.2) is 14.8 Å². The van der Waals surface area contributed by atoms with Crippen LogP contribution < -0.4 is 5.32 Å². The molecule has 1 unspecified atom stereocenters. The summed E-state index contributed by atoms with van der Waals surface area (Å²) in [5.41, 5.74) is 0.360. The van der Waals surface area contributed by atoms with Crippen molar-refractivity contribution >= 4 is 17.6 Å². The number of carbonyl (C=O) groups is 1. The Morgan fingerprint density at radius 1 is 1.31 bits per heavy atom. The second kappa shape index (κ2) is 5.96. The molecule has 1 aliphatic heterocycles. The van der Waals surface area contributed by atoms with E-state index in [1.807, 2.05) is 0 Å². The number of hydrogen-bond acceptors (Lipinski definition) is 6. The van der Waals surface area contributed by atoms with Crippen LogP contribution in [0, 0.1) is 6.92 Å². The Balaban J connectivity index is 1.61. The van der Waals surface area contributed by atoms with E-state index in [2.05, 4.69) is 20.4 Å². The van der Waals surface area contributed by atoms with Crippen molar-refractivity contribution in [1.82, 2.24) is 19.7 Å². The molecule has 0 aromatic carbocycles. The minimum absolute atomic E-state index is 0.0272. The summed E-state index contributed by atoms with van der Waals surface area (Å²) >= 11 is 0. The average molecular weight is 367 g/mol. The van der Waals surface area contributed by atoms with E-state index in [-0.39, 0.29) is 23.5 Å². The van der Waals surface area contributed by atoms with Gasteiger partial charge in [0.05, 0.1) is 29.2 Å². The number of hydrogen-bond donors (Lipinski definition) is 1. The molecule has 10 heteroatoms. The van der Waals surface area contributed by atoms with Gasteiger partial charge in [0, 0.05) is 24.7 Å². The van der Waals surface area contributed by atoms with Crippen LogP contribution >= 0.6 is 0 Å². The Bertz CT molecular complexity index is 860. The van der Waals surface area contributed by atoms with E-state index in [1.165, 1.54) is 4.68 Å². The Hall–Kier alpha value is -2.65. The molecule has 7 nitrogen and oxygen atoms in total. The first kappa shape index (κ1) is 16.8. The molecular formula is C16H16F3N5O2. The SMILES string of the molecule is Cc1nn(C2CCOC2=O)cc1Nc1ncc(C(F)(F)F)c(C2CC2)n1. The van der Waals surface area contributed by atoms with E-state index < -0.39 is 17.8 Å². The monoisotopic (exact) mass is 367 g/mol. The van der Waals surface area contributed by atoms with Crippen LogP contribution in [0.15, 0.2) is 12.4 Å². The molecule has 26 heavy (non-hydrogen) atoms. The number of nitrogens with one attached hydrogen (secondary N) is 1. The highest BCUT2D eigenvalue weighted by atomic mass is 19.4. The topological polar surface area (TPSA) is 81.9 Å². The molecule has 2 aromatic rings. The van der Waals surface area contributed by atoms with Crippen LogP contribution in [-0.4, -0.2) is 32.3 Å². The van der Waals surface area contributed by atoms with Crippen LogP contribution in [0.25, 0.3) is 0 Å². The fourth-order valence-corrected chi connectivity index (χ4v) is 2.95. The van der Waals surface area contributed by atoms with Gasteiger partial charge in [-0.1, -0.05) is 0 Å². The predicted molar refractivity (Wildman–Crippen MR) is 83.9 cm³/mol. The number of cyclic esters (lactones) is 1. The number of rotatable bonds is 4. The lowest BCUT2D eigenvalue weighted by Gasteiger charge is -2.12. The third kappa shape index (κ3) is 3.11. The largest absolute Gasteiger partial charge is 0.464 e. The minimum atomic E-state index is -4.47. The molecule has 4 rings (SSSR count). The lowest BCUT2D eigenvalue weighted by molar-refractivity contribution is -0.141. The first-order valence-corrected chi connectivity index (χ1v) is 8.26. The van der Waals surface area contributed by atoms with Crippen molar-refractivity contribution in [3.8, 4) is 0 Å². The fourth-order valence-electron chi connectivity index (χ4n) is 2.95. The van der Waals surface area contributed by atoms with E-state index in [0.717, 1.165) is 6.20 Å². The molecule has 1 atom stereocenters. The van der Waals surface area contributed by atoms with Gasteiger partial charge < -0.3 is 10.1 Å². The number of aryl methyl sites for hydroxylation is 1. The van der Waals surface area contributed by atoms with Crippen LogP contribution in [0.2, 0.25) is 0 Å². The molecule has 138 valence electrons. The summed E-state index contributed by atoms with van der Waals surface area (Å²) < 4.78 is 45.8. The molecule has 1 saturated heterocycles. The summed E-state index contributed by atoms with van der Waals surface area (Å²) in [4.78, 5) is 19.6. The van der Waals surface area contributed by atoms with Crippen LogP contribution in [-0.2, 0) is 15.7 Å². The van der Waals surface area contributed by atoms with E-state index in [1.54, 1.807) is 13.1 Å². The third-order valence-corrected chi connectivity index (χ3v) is 4.48. The Kier molecular flexibility index (Phi) is 3.85. The molecule has 2 fully saturated rings. The highest BCUT2D eigenvalue weighted by Crippen LogP contribution is 2.45. The Morgan fingerprint density at radius 2 is 2.08 bits per heavy atom. The van der Waals surface area contributed by atoms with Crippen LogP contribution in [0.3, 0.4) is 0 Å². The van der Waals surface area contributed by atoms with Crippen molar-refractivity contribution in [2.24, 2.45) is 0 Å². The summed E-state index contributed by atoms with van der Waals surface area (Å²) in [5.74, 6) is -0.440. The quantitative estimate of drug-likeness (QED) is 0.837. The molecule has 3 heterocycles. The van der Waals surface area contributed by atoms with Gasteiger partial charge in [0.25, 0.3) is 0 Å². The number of nitrogens with zero attached hydrogens (tertiary/aromatic N) is 4. The van der Waals surface area contributed by atoms with Gasteiger partial charge in [-0.05, 0) is 19.8 Å². The number of halogens is 3. The highest BCUT2D eigenvalue weighted by Gasteiger charge is 2.40. The van der Waals surface area contributed by atoms with E-state index >= 15 is 0 Å². The zero-order valence-corrected chi connectivity index (χ0v) is 13.9. The van der Waals surface area contributed by atoms with Crippen molar-refractivity contribution < 1.29 is 22.7 Å². The lowest BCUT2D eigenvalue weighted by atomic mass is 10.1. The molecule has 0 amide bonds. The smallest absolute Gasteiger partial charge is 0.419 e. The van der Waals surface area contributed by atoms with Gasteiger partial charge in [-0.15, -0.1) is 0 Å². The van der Waals surface area contributed by atoms with Crippen molar-refractivity contribution in [2.45, 2.75) is 44.3 Å². The van der Waals surface area contributed by atoms with Crippen molar-refractivity contribution in [3.63, 3.8) is 0 Å². The summed E-state index contributed by atoms with van der Waals surface area (Å²) in [6.07, 6.45) is -0.121. The molecule has 1 saturated carbocycles. The molecule has 2 aromatic heterocycles. The molecule has 0 radical (unpaired) electrons. The third-order valence-electron chi connectivity index (χ3n) is 4.48. The molecule has 1 aliphatic carbocycles. The van der Waals surface area contributed by atoms with Gasteiger partial charge in [0.1, 0.15) is 0 Å². The number of aromatic nitrogens is 4. The van der Waals surface area contributed by atoms with Crippen molar-refractivity contribution in [2.75, 3.05) is 11.9 Å². The number of carbonyl (C=O) groups excluding carboxylic acids is 1. The first-order chi connectivity index (χ1) is 12.3. The molecule has 2 aliphatic rings. The maximum atomic E-state index is 13.1. The molecule has 1 N–H and O–H groups in total. The minimum Gasteiger partial charge on any atom is -0.464 e. The van der Waals surface area contributed by atoms with Gasteiger partial charge in [-0.3, -0.25) is 4.68 Å². The summed E-state index contributed by atoms with van der Waals surface area (Å²) in [7, 11) is 0. The van der Waals surface area contributed by atoms with E-state index in [9.17, 15) is 18.0 Å². The summed E-state index contributed by atoms with van der Waals surface area (Å²) in [5, 5.41) is 7.19. The zero-order chi connectivity index (χ0) is 18.5. The first-order valence-electron chi connectivity index (χ1n) is 8.26. The van der Waals surface area contributed by atoms with Gasteiger partial charge in [0.15, 0.2) is 6.04 Å². The number of anilines is 2. The summed E-state index contributed by atoms with van der Waals surface area (Å²) in [6, 6.07) is -0.486. The van der Waals surface area contributed by atoms with Crippen LogP contribution in [0.1, 0.15) is 48.2 Å². The maximum Gasteiger partial charge on any atom is 0.419 e. The molecular weight excluding hydrogens is 351 g/mol. The van der Waals surface area contributed by atoms with E-state index in [4.69, 9.17) is 4.74 Å². The summed E-state index contributed by atoms with van der Waals surface area (Å²) in [6.45, 7) is 2.07. The number of alkyl halides is 3. The predicted octanol–water partition coefficient (Wildman–Crippen LogP) is 3.11. The second-order valence-corrected chi connectivity index (χ2v) is 6.47. The van der Waals surface area contributed by atoms with Crippen LogP contribution in [0.5, 0.6) is 0 Å².